The van der Waals surface area contributed by atoms with Crippen LogP contribution in [0.15, 0.2) is 18.2 Å². The zero-order valence-electron chi connectivity index (χ0n) is 10.4. The van der Waals surface area contributed by atoms with E-state index in [1.54, 1.807) is 7.05 Å². The van der Waals surface area contributed by atoms with Gasteiger partial charge in [-0.05, 0) is 17.2 Å². The van der Waals surface area contributed by atoms with Gasteiger partial charge in [0.1, 0.15) is 5.75 Å². The van der Waals surface area contributed by atoms with E-state index in [1.807, 2.05) is 18.2 Å². The molecule has 0 radical (unpaired) electrons. The van der Waals surface area contributed by atoms with Gasteiger partial charge in [-0.2, -0.15) is 0 Å². The molecule has 0 atom stereocenters. The highest BCUT2D eigenvalue weighted by Gasteiger charge is 2.20. The zero-order chi connectivity index (χ0) is 13.1. The summed E-state index contributed by atoms with van der Waals surface area (Å²) in [6.45, 7) is 1.08. The van der Waals surface area contributed by atoms with Gasteiger partial charge in [0.2, 0.25) is 0 Å². The Morgan fingerprint density at radius 3 is 2.94 bits per heavy atom. The topological polar surface area (TPSA) is 55.8 Å². The Morgan fingerprint density at radius 1 is 1.44 bits per heavy atom. The summed E-state index contributed by atoms with van der Waals surface area (Å²) in [6, 6.07) is 5.79. The van der Waals surface area contributed by atoms with Gasteiger partial charge in [-0.25, -0.2) is 4.79 Å². The van der Waals surface area contributed by atoms with Crippen molar-refractivity contribution in [2.45, 2.75) is 13.0 Å². The van der Waals surface area contributed by atoms with Crippen LogP contribution in [-0.2, 0) is 27.3 Å². The van der Waals surface area contributed by atoms with E-state index in [0.29, 0.717) is 13.2 Å². The molecule has 1 aliphatic rings. The highest BCUT2D eigenvalue weighted by atomic mass is 16.5. The lowest BCUT2D eigenvalue weighted by molar-refractivity contribution is -0.157. The van der Waals surface area contributed by atoms with E-state index in [-0.39, 0.29) is 0 Å². The Labute approximate surface area is 105 Å². The number of hydrogen-bond acceptors (Lipinski definition) is 4. The number of esters is 1. The van der Waals surface area contributed by atoms with Crippen molar-refractivity contribution in [3.8, 4) is 5.75 Å². The second kappa shape index (κ2) is 5.08. The molecule has 0 unspecified atom stereocenters. The molecule has 1 heterocycles. The number of rotatable bonds is 2. The lowest BCUT2D eigenvalue weighted by atomic mass is 10.1. The molecule has 0 bridgehead atoms. The van der Waals surface area contributed by atoms with Gasteiger partial charge < -0.3 is 14.4 Å². The van der Waals surface area contributed by atoms with Crippen molar-refractivity contribution in [1.82, 2.24) is 4.90 Å². The fraction of sp³-hybridized carbons (Fsp3) is 0.385. The summed E-state index contributed by atoms with van der Waals surface area (Å²) in [5, 5.41) is 0. The van der Waals surface area contributed by atoms with Gasteiger partial charge in [-0.1, -0.05) is 12.1 Å². The second-order valence-electron chi connectivity index (χ2n) is 4.19. The van der Waals surface area contributed by atoms with Gasteiger partial charge >= 0.3 is 11.9 Å². The fourth-order valence-electron chi connectivity index (χ4n) is 1.93. The molecule has 0 spiro atoms. The SMILES string of the molecule is COC(=O)C(=O)N(C)Cc1ccc2c(c1)CCO2. The average Bonchev–Trinajstić information content (AvgIpc) is 2.84. The Hall–Kier alpha value is -2.04. The maximum atomic E-state index is 11.5. The molecule has 0 fully saturated rings. The lowest BCUT2D eigenvalue weighted by Gasteiger charge is -2.15. The smallest absolute Gasteiger partial charge is 0.396 e. The molecule has 0 N–H and O–H groups in total. The van der Waals surface area contributed by atoms with Gasteiger partial charge in [0.25, 0.3) is 0 Å². The summed E-state index contributed by atoms with van der Waals surface area (Å²) in [5.74, 6) is -0.586. The van der Waals surface area contributed by atoms with Crippen molar-refractivity contribution >= 4 is 11.9 Å². The molecule has 0 aliphatic carbocycles. The quantitative estimate of drug-likeness (QED) is 0.573. The van der Waals surface area contributed by atoms with Crippen LogP contribution in [0.3, 0.4) is 0 Å². The predicted molar refractivity (Wildman–Crippen MR) is 64.1 cm³/mol. The number of nitrogens with zero attached hydrogens (tertiary/aromatic N) is 1. The molecule has 1 aliphatic heterocycles. The van der Waals surface area contributed by atoms with Crippen molar-refractivity contribution in [2.24, 2.45) is 0 Å². The number of ether oxygens (including phenoxy) is 2. The number of fused-ring (bicyclic) bond motifs is 1. The average molecular weight is 249 g/mol. The molecule has 5 heteroatoms. The molecule has 0 saturated carbocycles. The van der Waals surface area contributed by atoms with Crippen LogP contribution in [0.25, 0.3) is 0 Å². The van der Waals surface area contributed by atoms with Crippen LogP contribution in [0.5, 0.6) is 5.75 Å². The van der Waals surface area contributed by atoms with Crippen LogP contribution in [0.2, 0.25) is 0 Å². The fourth-order valence-corrected chi connectivity index (χ4v) is 1.93. The molecule has 96 valence electrons. The van der Waals surface area contributed by atoms with E-state index in [2.05, 4.69) is 4.74 Å². The van der Waals surface area contributed by atoms with E-state index < -0.39 is 11.9 Å². The van der Waals surface area contributed by atoms with E-state index in [9.17, 15) is 9.59 Å². The maximum Gasteiger partial charge on any atom is 0.396 e. The van der Waals surface area contributed by atoms with Crippen molar-refractivity contribution < 1.29 is 19.1 Å². The Morgan fingerprint density at radius 2 is 2.22 bits per heavy atom. The molecule has 2 rings (SSSR count). The molecular weight excluding hydrogens is 234 g/mol. The third-order valence-electron chi connectivity index (χ3n) is 2.88. The summed E-state index contributed by atoms with van der Waals surface area (Å²) in [5.41, 5.74) is 2.12. The Balaban J connectivity index is 2.05. The summed E-state index contributed by atoms with van der Waals surface area (Å²) in [4.78, 5) is 24.0. The van der Waals surface area contributed by atoms with Gasteiger partial charge in [-0.3, -0.25) is 4.79 Å². The largest absolute Gasteiger partial charge is 0.493 e. The van der Waals surface area contributed by atoms with Crippen molar-refractivity contribution in [1.29, 1.82) is 0 Å². The normalized spacial score (nSPS) is 12.6. The standard InChI is InChI=1S/C13H15NO4/c1-14(12(15)13(16)17-2)8-9-3-4-11-10(7-9)5-6-18-11/h3-4,7H,5-6,8H2,1-2H3. The molecule has 1 aromatic rings. The third-order valence-corrected chi connectivity index (χ3v) is 2.88. The first-order chi connectivity index (χ1) is 8.61. The number of methoxy groups -OCH3 is 1. The molecule has 0 aromatic heterocycles. The molecule has 18 heavy (non-hydrogen) atoms. The summed E-state index contributed by atoms with van der Waals surface area (Å²) >= 11 is 0. The summed E-state index contributed by atoms with van der Waals surface area (Å²) in [7, 11) is 2.77. The zero-order valence-corrected chi connectivity index (χ0v) is 10.4. The van der Waals surface area contributed by atoms with Crippen LogP contribution in [0, 0.1) is 0 Å². The minimum absolute atomic E-state index is 0.376. The number of benzene rings is 1. The maximum absolute atomic E-state index is 11.5. The van der Waals surface area contributed by atoms with Gasteiger partial charge in [0.15, 0.2) is 0 Å². The van der Waals surface area contributed by atoms with E-state index in [1.165, 1.54) is 12.0 Å². The van der Waals surface area contributed by atoms with E-state index >= 15 is 0 Å². The van der Waals surface area contributed by atoms with Gasteiger partial charge in [-0.15, -0.1) is 0 Å². The molecule has 1 aromatic carbocycles. The molecule has 5 nitrogen and oxygen atoms in total. The minimum Gasteiger partial charge on any atom is -0.493 e. The van der Waals surface area contributed by atoms with Crippen LogP contribution in [-0.4, -0.2) is 37.5 Å². The van der Waals surface area contributed by atoms with E-state index in [0.717, 1.165) is 23.3 Å². The van der Waals surface area contributed by atoms with Crippen molar-refractivity contribution in [3.05, 3.63) is 29.3 Å². The number of carbonyl (C=O) groups is 2. The lowest BCUT2D eigenvalue weighted by Crippen LogP contribution is -2.33. The monoisotopic (exact) mass is 249 g/mol. The van der Waals surface area contributed by atoms with Crippen LogP contribution < -0.4 is 4.74 Å². The molecular formula is C13H15NO4. The van der Waals surface area contributed by atoms with Crippen molar-refractivity contribution in [3.63, 3.8) is 0 Å². The van der Waals surface area contributed by atoms with Crippen LogP contribution in [0.1, 0.15) is 11.1 Å². The number of carbonyl (C=O) groups excluding carboxylic acids is 2. The van der Waals surface area contributed by atoms with Crippen molar-refractivity contribution in [2.75, 3.05) is 20.8 Å². The summed E-state index contributed by atoms with van der Waals surface area (Å²) in [6.07, 6.45) is 0.887. The number of likely N-dealkylation sites (N-methyl/N-ethyl adjacent to an activating group) is 1. The summed E-state index contributed by atoms with van der Waals surface area (Å²) < 4.78 is 9.80. The van der Waals surface area contributed by atoms with Crippen LogP contribution >= 0.6 is 0 Å². The molecule has 1 amide bonds. The minimum atomic E-state index is -0.845. The molecule has 0 saturated heterocycles. The first-order valence-corrected chi connectivity index (χ1v) is 5.70. The number of hydrogen-bond donors (Lipinski definition) is 0. The second-order valence-corrected chi connectivity index (χ2v) is 4.19. The Kier molecular flexibility index (Phi) is 3.50. The van der Waals surface area contributed by atoms with Gasteiger partial charge in [0.05, 0.1) is 13.7 Å². The van der Waals surface area contributed by atoms with Gasteiger partial charge in [0, 0.05) is 20.0 Å². The third kappa shape index (κ3) is 2.45. The van der Waals surface area contributed by atoms with E-state index in [4.69, 9.17) is 4.74 Å². The predicted octanol–water partition coefficient (Wildman–Crippen LogP) is 0.753. The van der Waals surface area contributed by atoms with Crippen LogP contribution in [0.4, 0.5) is 0 Å². The number of amides is 1. The highest BCUT2D eigenvalue weighted by Crippen LogP contribution is 2.26. The first-order valence-electron chi connectivity index (χ1n) is 5.70. The highest BCUT2D eigenvalue weighted by molar-refractivity contribution is 6.32. The first kappa shape index (κ1) is 12.4. The Bertz CT molecular complexity index is 484.